The first kappa shape index (κ1) is 19.5. The van der Waals surface area contributed by atoms with Crippen molar-refractivity contribution in [3.8, 4) is 5.75 Å². The number of hydrogen-bond donors (Lipinski definition) is 1. The Morgan fingerprint density at radius 2 is 2.00 bits per heavy atom. The molecule has 0 fully saturated rings. The summed E-state index contributed by atoms with van der Waals surface area (Å²) in [6.45, 7) is 1.07. The number of benzene rings is 2. The number of halogens is 1. The van der Waals surface area contributed by atoms with Crippen LogP contribution >= 0.6 is 0 Å². The Labute approximate surface area is 169 Å². The van der Waals surface area contributed by atoms with E-state index >= 15 is 0 Å². The van der Waals surface area contributed by atoms with Gasteiger partial charge in [0, 0.05) is 12.6 Å². The van der Waals surface area contributed by atoms with Crippen LogP contribution in [0.5, 0.6) is 5.75 Å². The van der Waals surface area contributed by atoms with E-state index in [0.29, 0.717) is 18.7 Å². The van der Waals surface area contributed by atoms with Crippen LogP contribution in [0.25, 0.3) is 5.70 Å². The van der Waals surface area contributed by atoms with Crippen LogP contribution in [0.1, 0.15) is 16.7 Å². The summed E-state index contributed by atoms with van der Waals surface area (Å²) in [6.07, 6.45) is 5.53. The lowest BCUT2D eigenvalue weighted by Crippen LogP contribution is -2.34. The Hall–Kier alpha value is -2.84. The maximum Gasteiger partial charge on any atom is 0.264 e. The number of rotatable bonds is 6. The number of nitrogens with zero attached hydrogens (tertiary/aromatic N) is 1. The molecule has 0 atom stereocenters. The highest BCUT2D eigenvalue weighted by atomic mass is 32.2. The van der Waals surface area contributed by atoms with Crippen LogP contribution in [0.15, 0.2) is 60.3 Å². The standard InChI is InChI=1S/C21H21FN2O4S/c1-29(25,26)28-14-16-10-20(17-4-7-21-18(11-17)8-9-27-21)23-24(13-16)12-15-2-5-19(22)6-3-15/h2-7,10-11,13,23H,8-9,12,14H2,1H3. The second-order valence-electron chi connectivity index (χ2n) is 7.02. The van der Waals surface area contributed by atoms with Gasteiger partial charge < -0.3 is 4.74 Å². The van der Waals surface area contributed by atoms with E-state index < -0.39 is 10.1 Å². The minimum absolute atomic E-state index is 0.0714. The Morgan fingerprint density at radius 1 is 1.21 bits per heavy atom. The van der Waals surface area contributed by atoms with E-state index in [1.54, 1.807) is 18.3 Å². The highest BCUT2D eigenvalue weighted by molar-refractivity contribution is 7.86. The number of hydrazine groups is 1. The largest absolute Gasteiger partial charge is 0.493 e. The monoisotopic (exact) mass is 416 g/mol. The zero-order valence-corrected chi connectivity index (χ0v) is 16.7. The summed E-state index contributed by atoms with van der Waals surface area (Å²) < 4.78 is 46.6. The SMILES string of the molecule is CS(=O)(=O)OCC1=CN(Cc2ccc(F)cc2)NC(c2ccc3c(c2)CCO3)=C1. The Kier molecular flexibility index (Phi) is 5.29. The van der Waals surface area contributed by atoms with Gasteiger partial charge in [0.2, 0.25) is 0 Å². The van der Waals surface area contributed by atoms with E-state index in [-0.39, 0.29) is 12.4 Å². The summed E-state index contributed by atoms with van der Waals surface area (Å²) >= 11 is 0. The third-order valence-corrected chi connectivity index (χ3v) is 5.17. The van der Waals surface area contributed by atoms with Crippen molar-refractivity contribution in [1.29, 1.82) is 0 Å². The number of nitrogens with one attached hydrogen (secondary N) is 1. The first-order valence-corrected chi connectivity index (χ1v) is 11.0. The second-order valence-corrected chi connectivity index (χ2v) is 8.66. The predicted molar refractivity (Wildman–Crippen MR) is 108 cm³/mol. The van der Waals surface area contributed by atoms with Crippen molar-refractivity contribution < 1.29 is 21.7 Å². The van der Waals surface area contributed by atoms with E-state index in [2.05, 4.69) is 11.5 Å². The van der Waals surface area contributed by atoms with Crippen LogP contribution in [-0.4, -0.2) is 32.9 Å². The highest BCUT2D eigenvalue weighted by Gasteiger charge is 2.18. The smallest absolute Gasteiger partial charge is 0.264 e. The van der Waals surface area contributed by atoms with Gasteiger partial charge in [0.15, 0.2) is 0 Å². The molecule has 2 heterocycles. The third kappa shape index (κ3) is 4.96. The van der Waals surface area contributed by atoms with Crippen molar-refractivity contribution in [3.05, 3.63) is 82.8 Å². The normalized spacial score (nSPS) is 15.9. The fraction of sp³-hybridized carbons (Fsp3) is 0.238. The lowest BCUT2D eigenvalue weighted by Gasteiger charge is -2.29. The molecule has 29 heavy (non-hydrogen) atoms. The van der Waals surface area contributed by atoms with Crippen molar-refractivity contribution in [2.24, 2.45) is 0 Å². The Morgan fingerprint density at radius 3 is 2.76 bits per heavy atom. The molecule has 0 bridgehead atoms. The molecule has 0 saturated carbocycles. The molecule has 4 rings (SSSR count). The van der Waals surface area contributed by atoms with Gasteiger partial charge in [-0.05, 0) is 58.7 Å². The van der Waals surface area contributed by atoms with Crippen molar-refractivity contribution in [2.45, 2.75) is 13.0 Å². The van der Waals surface area contributed by atoms with Gasteiger partial charge >= 0.3 is 0 Å². The minimum atomic E-state index is -3.56. The van der Waals surface area contributed by atoms with Crippen LogP contribution in [-0.2, 0) is 27.3 Å². The molecule has 2 aliphatic rings. The van der Waals surface area contributed by atoms with Gasteiger partial charge in [-0.3, -0.25) is 14.6 Å². The van der Waals surface area contributed by atoms with E-state index in [9.17, 15) is 12.8 Å². The lowest BCUT2D eigenvalue weighted by molar-refractivity contribution is 0.299. The quantitative estimate of drug-likeness (QED) is 0.731. The minimum Gasteiger partial charge on any atom is -0.493 e. The fourth-order valence-electron chi connectivity index (χ4n) is 3.27. The number of hydrogen-bond acceptors (Lipinski definition) is 6. The molecule has 2 aromatic rings. The molecule has 1 N–H and O–H groups in total. The van der Waals surface area contributed by atoms with Crippen molar-refractivity contribution >= 4 is 15.8 Å². The molecular formula is C21H21FN2O4S. The molecule has 2 aliphatic heterocycles. The van der Waals surface area contributed by atoms with Gasteiger partial charge in [0.25, 0.3) is 10.1 Å². The zero-order valence-electron chi connectivity index (χ0n) is 15.9. The van der Waals surface area contributed by atoms with E-state index in [0.717, 1.165) is 40.8 Å². The molecular weight excluding hydrogens is 395 g/mol. The number of fused-ring (bicyclic) bond motifs is 1. The topological polar surface area (TPSA) is 67.9 Å². The molecule has 0 aliphatic carbocycles. The summed E-state index contributed by atoms with van der Waals surface area (Å²) in [5.74, 6) is 0.601. The fourth-order valence-corrected chi connectivity index (χ4v) is 3.62. The predicted octanol–water partition coefficient (Wildman–Crippen LogP) is 2.98. The molecule has 0 unspecified atom stereocenters. The van der Waals surface area contributed by atoms with Crippen LogP contribution in [0.4, 0.5) is 4.39 Å². The Bertz CT molecular complexity index is 1080. The zero-order chi connectivity index (χ0) is 20.4. The van der Waals surface area contributed by atoms with Gasteiger partial charge in [-0.1, -0.05) is 12.1 Å². The molecule has 0 saturated heterocycles. The van der Waals surface area contributed by atoms with Crippen LogP contribution in [0.2, 0.25) is 0 Å². The van der Waals surface area contributed by atoms with Crippen LogP contribution < -0.4 is 10.2 Å². The van der Waals surface area contributed by atoms with Gasteiger partial charge in [0.1, 0.15) is 11.6 Å². The second kappa shape index (κ2) is 7.88. The molecule has 152 valence electrons. The average molecular weight is 416 g/mol. The van der Waals surface area contributed by atoms with Crippen molar-refractivity contribution in [2.75, 3.05) is 19.5 Å². The van der Waals surface area contributed by atoms with E-state index in [1.165, 1.54) is 12.1 Å². The maximum atomic E-state index is 13.2. The van der Waals surface area contributed by atoms with Gasteiger partial charge in [-0.2, -0.15) is 8.42 Å². The van der Waals surface area contributed by atoms with Crippen molar-refractivity contribution in [3.63, 3.8) is 0 Å². The summed E-state index contributed by atoms with van der Waals surface area (Å²) in [5.41, 5.74) is 7.85. The molecule has 2 aromatic carbocycles. The molecule has 8 heteroatoms. The molecule has 6 nitrogen and oxygen atoms in total. The summed E-state index contributed by atoms with van der Waals surface area (Å²) in [5, 5.41) is 1.83. The third-order valence-electron chi connectivity index (χ3n) is 4.62. The Balaban J connectivity index is 1.60. The van der Waals surface area contributed by atoms with Crippen molar-refractivity contribution in [1.82, 2.24) is 10.4 Å². The number of ether oxygens (including phenoxy) is 1. The highest BCUT2D eigenvalue weighted by Crippen LogP contribution is 2.29. The molecule has 0 aromatic heterocycles. The molecule has 0 radical (unpaired) electrons. The molecule has 0 amide bonds. The van der Waals surface area contributed by atoms with Crippen LogP contribution in [0, 0.1) is 5.82 Å². The summed E-state index contributed by atoms with van der Waals surface area (Å²) in [4.78, 5) is 0. The maximum absolute atomic E-state index is 13.2. The first-order chi connectivity index (χ1) is 13.9. The van der Waals surface area contributed by atoms with Crippen LogP contribution in [0.3, 0.4) is 0 Å². The summed E-state index contributed by atoms with van der Waals surface area (Å²) in [7, 11) is -3.56. The lowest BCUT2D eigenvalue weighted by atomic mass is 10.0. The van der Waals surface area contributed by atoms with Gasteiger partial charge in [0.05, 0.1) is 31.7 Å². The van der Waals surface area contributed by atoms with E-state index in [1.807, 2.05) is 23.2 Å². The summed E-state index contributed by atoms with van der Waals surface area (Å²) in [6, 6.07) is 12.2. The van der Waals surface area contributed by atoms with E-state index in [4.69, 9.17) is 8.92 Å². The first-order valence-electron chi connectivity index (χ1n) is 9.16. The average Bonchev–Trinajstić information content (AvgIpc) is 3.15. The van der Waals surface area contributed by atoms with Gasteiger partial charge in [-0.15, -0.1) is 0 Å². The van der Waals surface area contributed by atoms with Gasteiger partial charge in [-0.25, -0.2) is 4.39 Å². The molecule has 0 spiro atoms.